The molecule has 3 heteroatoms. The number of hydrogen-bond donors (Lipinski definition) is 0. The van der Waals surface area contributed by atoms with Crippen LogP contribution in [0.5, 0.6) is 0 Å². The average molecular weight is 351 g/mol. The summed E-state index contributed by atoms with van der Waals surface area (Å²) in [7, 11) is 2.26. The van der Waals surface area contributed by atoms with Crippen molar-refractivity contribution in [3.8, 4) is 0 Å². The Morgan fingerprint density at radius 1 is 1.00 bits per heavy atom. The molecule has 0 fully saturated rings. The summed E-state index contributed by atoms with van der Waals surface area (Å²) in [5.41, 5.74) is 6.10. The van der Waals surface area contributed by atoms with E-state index >= 15 is 0 Å². The Hall–Kier alpha value is -1.74. The third kappa shape index (κ3) is 1.45. The van der Waals surface area contributed by atoms with Crippen LogP contribution in [0.25, 0.3) is 10.2 Å². The van der Waals surface area contributed by atoms with Crippen LogP contribution in [0.2, 0.25) is 0 Å². The lowest BCUT2D eigenvalue weighted by Gasteiger charge is -2.61. The largest absolute Gasteiger partial charge is 0.355 e. The number of fused-ring (bicyclic) bond motifs is 7. The lowest BCUT2D eigenvalue weighted by Crippen LogP contribution is -2.61. The van der Waals surface area contributed by atoms with Crippen LogP contribution >= 0.6 is 11.3 Å². The molecule has 0 saturated heterocycles. The highest BCUT2D eigenvalue weighted by molar-refractivity contribution is 7.16. The van der Waals surface area contributed by atoms with Gasteiger partial charge in [-0.05, 0) is 35.4 Å². The van der Waals surface area contributed by atoms with Gasteiger partial charge in [0.2, 0.25) is 0 Å². The van der Waals surface area contributed by atoms with Crippen molar-refractivity contribution in [2.24, 2.45) is 12.5 Å². The van der Waals surface area contributed by atoms with Crippen molar-refractivity contribution >= 4 is 27.2 Å². The predicted octanol–water partition coefficient (Wildman–Crippen LogP) is 5.79. The molecule has 2 aromatic heterocycles. The van der Waals surface area contributed by atoms with E-state index < -0.39 is 0 Å². The molecule has 25 heavy (non-hydrogen) atoms. The van der Waals surface area contributed by atoms with Gasteiger partial charge in [-0.2, -0.15) is 0 Å². The van der Waals surface area contributed by atoms with E-state index in [-0.39, 0.29) is 16.4 Å². The van der Waals surface area contributed by atoms with E-state index in [1.807, 2.05) is 11.3 Å². The van der Waals surface area contributed by atoms with Crippen molar-refractivity contribution in [1.29, 1.82) is 0 Å². The van der Waals surface area contributed by atoms with Crippen LogP contribution in [-0.2, 0) is 24.5 Å². The summed E-state index contributed by atoms with van der Waals surface area (Å²) in [4.78, 5) is 4.09. The number of rotatable bonds is 0. The Morgan fingerprint density at radius 2 is 1.72 bits per heavy atom. The molecule has 2 aliphatic rings. The number of aryl methyl sites for hydroxylation is 1. The third-order valence-corrected chi connectivity index (χ3v) is 8.85. The quantitative estimate of drug-likeness (QED) is 0.498. The Morgan fingerprint density at radius 3 is 2.48 bits per heavy atom. The molecule has 0 N–H and O–H groups in total. The molecule has 130 valence electrons. The van der Waals surface area contributed by atoms with Crippen molar-refractivity contribution in [3.63, 3.8) is 0 Å². The van der Waals surface area contributed by atoms with Crippen LogP contribution < -0.4 is 4.90 Å². The van der Waals surface area contributed by atoms with Crippen molar-refractivity contribution < 1.29 is 0 Å². The summed E-state index contributed by atoms with van der Waals surface area (Å²) in [6.07, 6.45) is 0. The molecule has 5 rings (SSSR count). The monoisotopic (exact) mass is 350 g/mol. The standard InChI is InChI=1S/C22H26N2S/c1-20(2)16-9-7-8-10-17(16)24-13-15-14-11-12-25-19(14)23(6)18(15)22(24,5)21(20,3)4/h7-12H,13H2,1-6H3. The summed E-state index contributed by atoms with van der Waals surface area (Å²) in [5, 5.41) is 3.68. The maximum atomic E-state index is 2.68. The first-order chi connectivity index (χ1) is 11.7. The molecular formula is C22H26N2S. The number of benzene rings is 1. The van der Waals surface area contributed by atoms with Crippen molar-refractivity contribution in [1.82, 2.24) is 4.57 Å². The lowest BCUT2D eigenvalue weighted by atomic mass is 9.52. The summed E-state index contributed by atoms with van der Waals surface area (Å²) in [6.45, 7) is 13.3. The Kier molecular flexibility index (Phi) is 2.68. The molecule has 2 aliphatic heterocycles. The molecule has 4 heterocycles. The molecule has 0 saturated carbocycles. The van der Waals surface area contributed by atoms with Gasteiger partial charge in [-0.25, -0.2) is 0 Å². The van der Waals surface area contributed by atoms with Gasteiger partial charge in [0.05, 0.1) is 11.2 Å². The molecule has 1 atom stereocenters. The second-order valence-corrected chi connectivity index (χ2v) is 9.85. The second-order valence-electron chi connectivity index (χ2n) is 8.95. The molecular weight excluding hydrogens is 324 g/mol. The first kappa shape index (κ1) is 15.5. The zero-order valence-corrected chi connectivity index (χ0v) is 16.8. The van der Waals surface area contributed by atoms with E-state index in [2.05, 4.69) is 86.8 Å². The molecule has 1 unspecified atom stereocenters. The van der Waals surface area contributed by atoms with Gasteiger partial charge in [0.15, 0.2) is 0 Å². The van der Waals surface area contributed by atoms with E-state index in [1.54, 1.807) is 0 Å². The molecule has 0 aliphatic carbocycles. The fraction of sp³-hybridized carbons (Fsp3) is 0.455. The summed E-state index contributed by atoms with van der Waals surface area (Å²) in [6, 6.07) is 11.3. The topological polar surface area (TPSA) is 8.17 Å². The Bertz CT molecular complexity index is 1020. The second kappa shape index (κ2) is 4.32. The SMILES string of the molecule is Cn1c2c(c3ccsc31)CN1c3ccccc3C(C)(C)C(C)(C)C21C. The maximum absolute atomic E-state index is 2.68. The maximum Gasteiger partial charge on any atom is 0.103 e. The smallest absolute Gasteiger partial charge is 0.103 e. The Labute approximate surface area is 154 Å². The van der Waals surface area contributed by atoms with Crippen LogP contribution in [-0.4, -0.2) is 4.57 Å². The normalized spacial score (nSPS) is 25.8. The minimum Gasteiger partial charge on any atom is -0.355 e. The third-order valence-electron chi connectivity index (χ3n) is 7.86. The number of para-hydroxylation sites is 1. The van der Waals surface area contributed by atoms with Gasteiger partial charge in [-0.1, -0.05) is 45.9 Å². The lowest BCUT2D eigenvalue weighted by molar-refractivity contribution is 0.0642. The summed E-state index contributed by atoms with van der Waals surface area (Å²) < 4.78 is 2.47. The summed E-state index contributed by atoms with van der Waals surface area (Å²) >= 11 is 1.87. The highest BCUT2D eigenvalue weighted by atomic mass is 32.1. The van der Waals surface area contributed by atoms with Crippen molar-refractivity contribution in [3.05, 3.63) is 52.5 Å². The van der Waals surface area contributed by atoms with Crippen LogP contribution in [0.3, 0.4) is 0 Å². The minimum atomic E-state index is -0.0202. The Balaban J connectivity index is 1.91. The minimum absolute atomic E-state index is 0.0202. The first-order valence-corrected chi connectivity index (χ1v) is 10.0. The van der Waals surface area contributed by atoms with Crippen molar-refractivity contribution in [2.75, 3.05) is 4.90 Å². The van der Waals surface area contributed by atoms with Gasteiger partial charge >= 0.3 is 0 Å². The highest BCUT2D eigenvalue weighted by Gasteiger charge is 2.63. The molecule has 2 nitrogen and oxygen atoms in total. The van der Waals surface area contributed by atoms with Crippen LogP contribution in [0, 0.1) is 5.41 Å². The number of nitrogens with zero attached hydrogens (tertiary/aromatic N) is 2. The van der Waals surface area contributed by atoms with Gasteiger partial charge in [-0.15, -0.1) is 11.3 Å². The van der Waals surface area contributed by atoms with Crippen LogP contribution in [0.15, 0.2) is 35.7 Å². The highest BCUT2D eigenvalue weighted by Crippen LogP contribution is 2.65. The van der Waals surface area contributed by atoms with Gasteiger partial charge in [0.1, 0.15) is 4.83 Å². The van der Waals surface area contributed by atoms with Crippen LogP contribution in [0.1, 0.15) is 51.4 Å². The average Bonchev–Trinajstić information content (AvgIpc) is 3.22. The number of thiophene rings is 1. The zero-order valence-electron chi connectivity index (χ0n) is 16.0. The van der Waals surface area contributed by atoms with E-state index in [1.165, 1.54) is 32.7 Å². The van der Waals surface area contributed by atoms with Gasteiger partial charge < -0.3 is 9.47 Å². The van der Waals surface area contributed by atoms with Crippen LogP contribution in [0.4, 0.5) is 5.69 Å². The molecule has 0 bridgehead atoms. The molecule has 1 aromatic carbocycles. The van der Waals surface area contributed by atoms with E-state index in [0.29, 0.717) is 0 Å². The molecule has 0 amide bonds. The fourth-order valence-electron chi connectivity index (χ4n) is 5.59. The number of anilines is 1. The predicted molar refractivity (Wildman–Crippen MR) is 108 cm³/mol. The van der Waals surface area contributed by atoms with Gasteiger partial charge in [0.25, 0.3) is 0 Å². The number of aromatic nitrogens is 1. The zero-order chi connectivity index (χ0) is 17.8. The van der Waals surface area contributed by atoms with Crippen molar-refractivity contribution in [2.45, 2.75) is 52.1 Å². The van der Waals surface area contributed by atoms with E-state index in [4.69, 9.17) is 0 Å². The van der Waals surface area contributed by atoms with E-state index in [9.17, 15) is 0 Å². The fourth-order valence-corrected chi connectivity index (χ4v) is 6.49. The van der Waals surface area contributed by atoms with Gasteiger partial charge in [0, 0.05) is 35.6 Å². The van der Waals surface area contributed by atoms with E-state index in [0.717, 1.165) is 6.54 Å². The number of hydrogen-bond acceptors (Lipinski definition) is 2. The summed E-state index contributed by atoms with van der Waals surface area (Å²) in [5.74, 6) is 0. The van der Waals surface area contributed by atoms with Gasteiger partial charge in [-0.3, -0.25) is 0 Å². The first-order valence-electron chi connectivity index (χ1n) is 9.15. The molecule has 3 aromatic rings. The molecule has 0 radical (unpaired) electrons. The molecule has 0 spiro atoms.